The van der Waals surface area contributed by atoms with Gasteiger partial charge in [0.1, 0.15) is 0 Å². The Morgan fingerprint density at radius 2 is 2.12 bits per heavy atom. The van der Waals surface area contributed by atoms with E-state index in [9.17, 15) is 0 Å². The molecule has 1 aliphatic carbocycles. The highest BCUT2D eigenvalue weighted by atomic mass is 35.5. The molecule has 0 bridgehead atoms. The second-order valence-corrected chi connectivity index (χ2v) is 5.30. The smallest absolute Gasteiger partial charge is 0.0454 e. The largest absolute Gasteiger partial charge is 0.310 e. The van der Waals surface area contributed by atoms with Gasteiger partial charge in [-0.1, -0.05) is 43.0 Å². The number of hydrogen-bond acceptors (Lipinski definition) is 1. The molecule has 3 heteroatoms. The highest BCUT2D eigenvalue weighted by Gasteiger charge is 2.26. The molecule has 1 aromatic carbocycles. The predicted molar refractivity (Wildman–Crippen MR) is 70.2 cm³/mol. The Morgan fingerprint density at radius 3 is 2.75 bits per heavy atom. The maximum Gasteiger partial charge on any atom is 0.0454 e. The fourth-order valence-electron chi connectivity index (χ4n) is 2.04. The van der Waals surface area contributed by atoms with Gasteiger partial charge in [-0.2, -0.15) is 0 Å². The lowest BCUT2D eigenvalue weighted by atomic mass is 10.0. The Morgan fingerprint density at radius 1 is 1.38 bits per heavy atom. The fraction of sp³-hybridized carbons (Fsp3) is 0.538. The van der Waals surface area contributed by atoms with Gasteiger partial charge in [-0.25, -0.2) is 0 Å². The van der Waals surface area contributed by atoms with Crippen LogP contribution in [0.5, 0.6) is 0 Å². The molecule has 0 radical (unpaired) electrons. The molecular formula is C13H17Cl2N. The minimum Gasteiger partial charge on any atom is -0.310 e. The molecule has 0 spiro atoms. The highest BCUT2D eigenvalue weighted by Crippen LogP contribution is 2.39. The van der Waals surface area contributed by atoms with Crippen molar-refractivity contribution in [3.63, 3.8) is 0 Å². The number of nitrogens with one attached hydrogen (secondary N) is 1. The lowest BCUT2D eigenvalue weighted by molar-refractivity contribution is 0.487. The maximum absolute atomic E-state index is 6.23. The van der Waals surface area contributed by atoms with Crippen LogP contribution in [0.4, 0.5) is 0 Å². The first-order chi connectivity index (χ1) is 7.70. The molecule has 1 aliphatic rings. The molecule has 0 saturated heterocycles. The standard InChI is InChI=1S/C13H17Cl2N/c1-2-16-13(7-9-3-4-9)11-8-10(14)5-6-12(11)15/h5-6,8-9,13,16H,2-4,7H2,1H3. The normalized spacial score (nSPS) is 17.4. The minimum absolute atomic E-state index is 0.351. The summed E-state index contributed by atoms with van der Waals surface area (Å²) in [6, 6.07) is 6.06. The first-order valence-corrected chi connectivity index (χ1v) is 6.64. The third-order valence-corrected chi connectivity index (χ3v) is 3.63. The van der Waals surface area contributed by atoms with Crippen LogP contribution in [-0.2, 0) is 0 Å². The quantitative estimate of drug-likeness (QED) is 0.823. The maximum atomic E-state index is 6.23. The van der Waals surface area contributed by atoms with Crippen molar-refractivity contribution in [2.24, 2.45) is 5.92 Å². The lowest BCUT2D eigenvalue weighted by Crippen LogP contribution is -2.21. The van der Waals surface area contributed by atoms with Crippen molar-refractivity contribution in [3.05, 3.63) is 33.8 Å². The van der Waals surface area contributed by atoms with Crippen LogP contribution in [0.15, 0.2) is 18.2 Å². The van der Waals surface area contributed by atoms with E-state index >= 15 is 0 Å². The Bertz CT molecular complexity index is 361. The summed E-state index contributed by atoms with van der Waals surface area (Å²) in [4.78, 5) is 0. The van der Waals surface area contributed by atoms with Gasteiger partial charge in [0.25, 0.3) is 0 Å². The van der Waals surface area contributed by atoms with E-state index in [4.69, 9.17) is 23.2 Å². The summed E-state index contributed by atoms with van der Waals surface area (Å²) in [6.07, 6.45) is 3.90. The van der Waals surface area contributed by atoms with E-state index < -0.39 is 0 Å². The summed E-state index contributed by atoms with van der Waals surface area (Å²) < 4.78 is 0. The number of halogens is 2. The summed E-state index contributed by atoms with van der Waals surface area (Å²) in [6.45, 7) is 3.08. The monoisotopic (exact) mass is 257 g/mol. The van der Waals surface area contributed by atoms with Crippen LogP contribution < -0.4 is 5.32 Å². The van der Waals surface area contributed by atoms with Gasteiger partial charge >= 0.3 is 0 Å². The minimum atomic E-state index is 0.351. The number of hydrogen-bond donors (Lipinski definition) is 1. The van der Waals surface area contributed by atoms with Crippen molar-refractivity contribution in [1.82, 2.24) is 5.32 Å². The zero-order chi connectivity index (χ0) is 11.5. The Balaban J connectivity index is 2.18. The predicted octanol–water partition coefficient (Wildman–Crippen LogP) is 4.44. The third kappa shape index (κ3) is 3.13. The molecule has 1 unspecified atom stereocenters. The summed E-state index contributed by atoms with van der Waals surface area (Å²) in [5.74, 6) is 0.874. The first-order valence-electron chi connectivity index (χ1n) is 5.89. The summed E-state index contributed by atoms with van der Waals surface area (Å²) in [7, 11) is 0. The van der Waals surface area contributed by atoms with Crippen LogP contribution in [0.1, 0.15) is 37.8 Å². The van der Waals surface area contributed by atoms with Gasteiger partial charge in [0, 0.05) is 16.1 Å². The second kappa shape index (κ2) is 5.39. The Hall–Kier alpha value is -0.240. The Kier molecular flexibility index (Phi) is 4.12. The van der Waals surface area contributed by atoms with Crippen molar-refractivity contribution in [2.75, 3.05) is 6.54 Å². The van der Waals surface area contributed by atoms with Crippen LogP contribution >= 0.6 is 23.2 Å². The van der Waals surface area contributed by atoms with Crippen LogP contribution in [0.3, 0.4) is 0 Å². The number of rotatable bonds is 5. The van der Waals surface area contributed by atoms with E-state index in [1.54, 1.807) is 0 Å². The fourth-order valence-corrected chi connectivity index (χ4v) is 2.46. The first kappa shape index (κ1) is 12.2. The summed E-state index contributed by atoms with van der Waals surface area (Å²) >= 11 is 12.3. The van der Waals surface area contributed by atoms with Crippen molar-refractivity contribution < 1.29 is 0 Å². The lowest BCUT2D eigenvalue weighted by Gasteiger charge is -2.19. The summed E-state index contributed by atoms with van der Waals surface area (Å²) in [5.41, 5.74) is 1.14. The molecule has 2 rings (SSSR count). The van der Waals surface area contributed by atoms with E-state index in [1.165, 1.54) is 19.3 Å². The molecule has 1 atom stereocenters. The zero-order valence-electron chi connectivity index (χ0n) is 9.47. The highest BCUT2D eigenvalue weighted by molar-refractivity contribution is 6.33. The van der Waals surface area contributed by atoms with E-state index in [1.807, 2.05) is 18.2 Å². The molecule has 1 aromatic rings. The van der Waals surface area contributed by atoms with E-state index in [2.05, 4.69) is 12.2 Å². The molecule has 0 aliphatic heterocycles. The van der Waals surface area contributed by atoms with Gasteiger partial charge in [-0.3, -0.25) is 0 Å². The van der Waals surface area contributed by atoms with E-state index in [-0.39, 0.29) is 0 Å². The van der Waals surface area contributed by atoms with Gasteiger partial charge in [-0.15, -0.1) is 0 Å². The van der Waals surface area contributed by atoms with Crippen LogP contribution in [0, 0.1) is 5.92 Å². The van der Waals surface area contributed by atoms with Crippen LogP contribution in [-0.4, -0.2) is 6.54 Å². The van der Waals surface area contributed by atoms with E-state index in [0.29, 0.717) is 6.04 Å². The van der Waals surface area contributed by atoms with Crippen molar-refractivity contribution >= 4 is 23.2 Å². The van der Waals surface area contributed by atoms with Gasteiger partial charge in [0.05, 0.1) is 0 Å². The van der Waals surface area contributed by atoms with Crippen molar-refractivity contribution in [1.29, 1.82) is 0 Å². The average molecular weight is 258 g/mol. The SMILES string of the molecule is CCNC(CC1CC1)c1cc(Cl)ccc1Cl. The molecule has 1 nitrogen and oxygen atoms in total. The molecule has 0 aromatic heterocycles. The molecule has 0 amide bonds. The van der Waals surface area contributed by atoms with Crippen molar-refractivity contribution in [3.8, 4) is 0 Å². The Labute approximate surface area is 107 Å². The molecule has 0 heterocycles. The third-order valence-electron chi connectivity index (χ3n) is 3.05. The van der Waals surface area contributed by atoms with Crippen LogP contribution in [0.25, 0.3) is 0 Å². The molecule has 1 N–H and O–H groups in total. The van der Waals surface area contributed by atoms with E-state index in [0.717, 1.165) is 28.1 Å². The topological polar surface area (TPSA) is 12.0 Å². The van der Waals surface area contributed by atoms with Crippen LogP contribution in [0.2, 0.25) is 10.0 Å². The molecule has 16 heavy (non-hydrogen) atoms. The average Bonchev–Trinajstić information content (AvgIpc) is 3.05. The van der Waals surface area contributed by atoms with Crippen molar-refractivity contribution in [2.45, 2.75) is 32.2 Å². The second-order valence-electron chi connectivity index (χ2n) is 4.46. The molecular weight excluding hydrogens is 241 g/mol. The summed E-state index contributed by atoms with van der Waals surface area (Å²) in [5, 5.41) is 5.07. The zero-order valence-corrected chi connectivity index (χ0v) is 11.0. The molecule has 1 saturated carbocycles. The molecule has 88 valence electrons. The number of benzene rings is 1. The van der Waals surface area contributed by atoms with Gasteiger partial charge in [-0.05, 0) is 42.6 Å². The van der Waals surface area contributed by atoms with Gasteiger partial charge in [0.15, 0.2) is 0 Å². The molecule has 1 fully saturated rings. The van der Waals surface area contributed by atoms with Gasteiger partial charge < -0.3 is 5.32 Å². The van der Waals surface area contributed by atoms with Gasteiger partial charge in [0.2, 0.25) is 0 Å².